The number of benzene rings is 1. The van der Waals surface area contributed by atoms with Crippen LogP contribution in [0.2, 0.25) is 0 Å². The maximum Gasteiger partial charge on any atom is 0.488 e. The van der Waals surface area contributed by atoms with Crippen molar-refractivity contribution in [1.29, 1.82) is 0 Å². The Balaban J connectivity index is 1.66. The molecule has 2 N–H and O–H groups in total. The minimum atomic E-state index is -1.36. The van der Waals surface area contributed by atoms with Crippen LogP contribution in [-0.2, 0) is 6.54 Å². The molecule has 2 aliphatic rings. The highest BCUT2D eigenvalue weighted by atomic mass is 16.4. The summed E-state index contributed by atoms with van der Waals surface area (Å²) in [6.07, 6.45) is 6.92. The number of fused-ring (bicyclic) bond motifs is 1. The van der Waals surface area contributed by atoms with E-state index in [-0.39, 0.29) is 0 Å². The molecule has 0 radical (unpaired) electrons. The number of likely N-dealkylation sites (tertiary alicyclic amines) is 1. The van der Waals surface area contributed by atoms with Crippen LogP contribution in [0.25, 0.3) is 0 Å². The quantitative estimate of drug-likeness (QED) is 0.818. The minimum Gasteiger partial charge on any atom is -0.423 e. The summed E-state index contributed by atoms with van der Waals surface area (Å²) >= 11 is 0. The summed E-state index contributed by atoms with van der Waals surface area (Å²) in [6, 6.07) is 7.68. The predicted octanol–water partition coefficient (Wildman–Crippen LogP) is 1.38. The number of rotatable bonds is 3. The third-order valence-electron chi connectivity index (χ3n) is 5.10. The van der Waals surface area contributed by atoms with Crippen LogP contribution >= 0.6 is 0 Å². The smallest absolute Gasteiger partial charge is 0.423 e. The highest BCUT2D eigenvalue weighted by Gasteiger charge is 2.31. The van der Waals surface area contributed by atoms with Crippen molar-refractivity contribution in [3.63, 3.8) is 0 Å². The van der Waals surface area contributed by atoms with Gasteiger partial charge in [0.1, 0.15) is 0 Å². The third-order valence-corrected chi connectivity index (χ3v) is 5.10. The first-order valence-corrected chi connectivity index (χ1v) is 7.90. The summed E-state index contributed by atoms with van der Waals surface area (Å²) in [6.45, 7) is 3.18. The van der Waals surface area contributed by atoms with Gasteiger partial charge >= 0.3 is 7.12 Å². The number of piperidine rings is 1. The topological polar surface area (TPSA) is 43.7 Å². The summed E-state index contributed by atoms with van der Waals surface area (Å²) in [5.41, 5.74) is 1.70. The molecule has 0 spiro atoms. The van der Waals surface area contributed by atoms with Gasteiger partial charge in [-0.15, -0.1) is 0 Å². The van der Waals surface area contributed by atoms with Gasteiger partial charge in [0.2, 0.25) is 0 Å². The second-order valence-corrected chi connectivity index (χ2v) is 6.40. The molecule has 3 nitrogen and oxygen atoms in total. The first-order valence-electron chi connectivity index (χ1n) is 7.90. The van der Waals surface area contributed by atoms with Gasteiger partial charge in [-0.1, -0.05) is 43.5 Å². The van der Waals surface area contributed by atoms with Gasteiger partial charge < -0.3 is 10.0 Å². The molecule has 1 aromatic carbocycles. The standard InChI is InChI=1S/C16H24BNO2/c19-17(20)16-8-4-3-7-15(16)12-18-10-9-13-5-1-2-6-14(13)11-18/h3-4,7-8,13-14,19-20H,1-2,5-6,9-12H2. The Kier molecular flexibility index (Phi) is 4.44. The van der Waals surface area contributed by atoms with E-state index in [1.807, 2.05) is 24.3 Å². The zero-order valence-corrected chi connectivity index (χ0v) is 12.0. The molecule has 2 unspecified atom stereocenters. The second kappa shape index (κ2) is 6.29. The molecule has 3 rings (SSSR count). The molecule has 0 amide bonds. The van der Waals surface area contributed by atoms with Gasteiger partial charge in [-0.2, -0.15) is 0 Å². The van der Waals surface area contributed by atoms with Crippen molar-refractivity contribution in [2.45, 2.75) is 38.6 Å². The average Bonchev–Trinajstić information content (AvgIpc) is 2.47. The van der Waals surface area contributed by atoms with E-state index in [0.717, 1.165) is 30.5 Å². The van der Waals surface area contributed by atoms with Crippen molar-refractivity contribution < 1.29 is 10.0 Å². The van der Waals surface area contributed by atoms with Crippen LogP contribution in [-0.4, -0.2) is 35.2 Å². The van der Waals surface area contributed by atoms with Crippen LogP contribution in [0.15, 0.2) is 24.3 Å². The Morgan fingerprint density at radius 2 is 1.80 bits per heavy atom. The normalized spacial score (nSPS) is 27.1. The number of hydrogen-bond donors (Lipinski definition) is 2. The summed E-state index contributed by atoms with van der Waals surface area (Å²) in [7, 11) is -1.36. The van der Waals surface area contributed by atoms with E-state index >= 15 is 0 Å². The lowest BCUT2D eigenvalue weighted by atomic mass is 9.74. The van der Waals surface area contributed by atoms with E-state index < -0.39 is 7.12 Å². The van der Waals surface area contributed by atoms with Crippen LogP contribution < -0.4 is 5.46 Å². The van der Waals surface area contributed by atoms with Gasteiger partial charge in [0.25, 0.3) is 0 Å². The van der Waals surface area contributed by atoms with Crippen molar-refractivity contribution in [3.05, 3.63) is 29.8 Å². The summed E-state index contributed by atoms with van der Waals surface area (Å²) in [5, 5.41) is 18.9. The summed E-state index contributed by atoms with van der Waals surface area (Å²) in [4.78, 5) is 2.49. The van der Waals surface area contributed by atoms with Gasteiger partial charge in [-0.3, -0.25) is 4.90 Å². The molecule has 4 heteroatoms. The Morgan fingerprint density at radius 3 is 2.60 bits per heavy atom. The lowest BCUT2D eigenvalue weighted by molar-refractivity contribution is 0.0822. The van der Waals surface area contributed by atoms with Crippen molar-refractivity contribution in [1.82, 2.24) is 4.90 Å². The lowest BCUT2D eigenvalue weighted by Crippen LogP contribution is -2.43. The molecule has 2 atom stereocenters. The van der Waals surface area contributed by atoms with Gasteiger partial charge in [0, 0.05) is 13.1 Å². The molecule has 1 heterocycles. The summed E-state index contributed by atoms with van der Waals surface area (Å²) in [5.74, 6) is 1.81. The van der Waals surface area contributed by atoms with Crippen LogP contribution in [0.5, 0.6) is 0 Å². The average molecular weight is 273 g/mol. The van der Waals surface area contributed by atoms with Crippen molar-refractivity contribution in [3.8, 4) is 0 Å². The fourth-order valence-electron chi connectivity index (χ4n) is 3.99. The fraction of sp³-hybridized carbons (Fsp3) is 0.625. The van der Waals surface area contributed by atoms with Crippen LogP contribution in [0.1, 0.15) is 37.7 Å². The van der Waals surface area contributed by atoms with E-state index in [1.54, 1.807) is 0 Å². The molecule has 2 fully saturated rings. The molecule has 108 valence electrons. The molecule has 1 aliphatic heterocycles. The Labute approximate surface area is 121 Å². The van der Waals surface area contributed by atoms with E-state index in [4.69, 9.17) is 0 Å². The maximum atomic E-state index is 9.46. The largest absolute Gasteiger partial charge is 0.488 e. The van der Waals surface area contributed by atoms with Crippen LogP contribution in [0.3, 0.4) is 0 Å². The van der Waals surface area contributed by atoms with Gasteiger partial charge in [0.05, 0.1) is 0 Å². The SMILES string of the molecule is OB(O)c1ccccc1CN1CCC2CCCCC2C1. The molecule has 1 aromatic rings. The van der Waals surface area contributed by atoms with Gasteiger partial charge in [-0.05, 0) is 42.2 Å². The first kappa shape index (κ1) is 14.1. The molecule has 1 saturated heterocycles. The first-order chi connectivity index (χ1) is 9.74. The molecule has 20 heavy (non-hydrogen) atoms. The van der Waals surface area contributed by atoms with Crippen LogP contribution in [0.4, 0.5) is 0 Å². The van der Waals surface area contributed by atoms with Gasteiger partial charge in [-0.25, -0.2) is 0 Å². The summed E-state index contributed by atoms with van der Waals surface area (Å²) < 4.78 is 0. The van der Waals surface area contributed by atoms with Crippen molar-refractivity contribution in [2.24, 2.45) is 11.8 Å². The van der Waals surface area contributed by atoms with Crippen LogP contribution in [0, 0.1) is 11.8 Å². The monoisotopic (exact) mass is 273 g/mol. The van der Waals surface area contributed by atoms with Crippen molar-refractivity contribution >= 4 is 12.6 Å². The van der Waals surface area contributed by atoms with E-state index in [9.17, 15) is 10.0 Å². The highest BCUT2D eigenvalue weighted by Crippen LogP contribution is 2.36. The zero-order chi connectivity index (χ0) is 13.9. The molecule has 1 aliphatic carbocycles. The number of hydrogen-bond acceptors (Lipinski definition) is 3. The zero-order valence-electron chi connectivity index (χ0n) is 12.0. The fourth-order valence-corrected chi connectivity index (χ4v) is 3.99. The van der Waals surface area contributed by atoms with Crippen molar-refractivity contribution in [2.75, 3.05) is 13.1 Å². The Morgan fingerprint density at radius 1 is 1.05 bits per heavy atom. The molecular formula is C16H24BNO2. The second-order valence-electron chi connectivity index (χ2n) is 6.40. The Bertz CT molecular complexity index is 452. The molecule has 0 bridgehead atoms. The van der Waals surface area contributed by atoms with E-state index in [2.05, 4.69) is 4.90 Å². The molecule has 1 saturated carbocycles. The Hall–Kier alpha value is -0.835. The minimum absolute atomic E-state index is 0.651. The molecular weight excluding hydrogens is 249 g/mol. The van der Waals surface area contributed by atoms with E-state index in [0.29, 0.717) is 5.46 Å². The van der Waals surface area contributed by atoms with E-state index in [1.165, 1.54) is 38.6 Å². The molecule has 0 aromatic heterocycles. The number of nitrogens with zero attached hydrogens (tertiary/aromatic N) is 1. The lowest BCUT2D eigenvalue weighted by Gasteiger charge is -2.41. The third kappa shape index (κ3) is 3.08. The highest BCUT2D eigenvalue weighted by molar-refractivity contribution is 6.59. The maximum absolute atomic E-state index is 9.46. The predicted molar refractivity (Wildman–Crippen MR) is 81.6 cm³/mol. The van der Waals surface area contributed by atoms with Gasteiger partial charge in [0.15, 0.2) is 0 Å².